The molecule has 1 aliphatic rings. The van der Waals surface area contributed by atoms with E-state index in [1.54, 1.807) is 0 Å². The van der Waals surface area contributed by atoms with E-state index in [0.717, 1.165) is 31.4 Å². The maximum absolute atomic E-state index is 13.2. The fourth-order valence-corrected chi connectivity index (χ4v) is 3.75. The van der Waals surface area contributed by atoms with Crippen LogP contribution in [-0.4, -0.2) is 59.5 Å². The number of likely N-dealkylation sites (tertiary alicyclic amines) is 1. The summed E-state index contributed by atoms with van der Waals surface area (Å²) < 4.78 is 0. The summed E-state index contributed by atoms with van der Waals surface area (Å²) in [5.41, 5.74) is 1.08. The van der Waals surface area contributed by atoms with Crippen molar-refractivity contribution in [3.63, 3.8) is 0 Å². The van der Waals surface area contributed by atoms with Crippen molar-refractivity contribution >= 4 is 11.9 Å². The molecule has 25 heavy (non-hydrogen) atoms. The van der Waals surface area contributed by atoms with Gasteiger partial charge in [-0.1, -0.05) is 44.2 Å². The van der Waals surface area contributed by atoms with Crippen molar-refractivity contribution < 1.29 is 14.7 Å². The molecule has 1 N–H and O–H groups in total. The molecular formula is C20H30N2O3. The van der Waals surface area contributed by atoms with Crippen molar-refractivity contribution in [1.29, 1.82) is 0 Å². The molecule has 1 fully saturated rings. The van der Waals surface area contributed by atoms with Gasteiger partial charge in [0.1, 0.15) is 0 Å². The van der Waals surface area contributed by atoms with Crippen LogP contribution >= 0.6 is 0 Å². The summed E-state index contributed by atoms with van der Waals surface area (Å²) in [7, 11) is 1.86. The van der Waals surface area contributed by atoms with Crippen molar-refractivity contribution in [3.05, 3.63) is 35.9 Å². The van der Waals surface area contributed by atoms with E-state index < -0.39 is 5.97 Å². The topological polar surface area (TPSA) is 60.9 Å². The zero-order valence-corrected chi connectivity index (χ0v) is 15.5. The number of likely N-dealkylation sites (N-methyl/N-ethyl adjacent to an activating group) is 1. The number of carboxylic acids is 1. The minimum absolute atomic E-state index is 0.0528. The van der Waals surface area contributed by atoms with Crippen molar-refractivity contribution in [2.75, 3.05) is 26.7 Å². The molecule has 2 rings (SSSR count). The third-order valence-corrected chi connectivity index (χ3v) is 5.11. The first-order valence-electron chi connectivity index (χ1n) is 9.16. The second-order valence-electron chi connectivity index (χ2n) is 7.35. The summed E-state index contributed by atoms with van der Waals surface area (Å²) in [4.78, 5) is 28.0. The molecule has 1 aromatic carbocycles. The van der Waals surface area contributed by atoms with Crippen molar-refractivity contribution in [1.82, 2.24) is 9.80 Å². The van der Waals surface area contributed by atoms with E-state index in [2.05, 4.69) is 13.8 Å². The van der Waals surface area contributed by atoms with Crippen molar-refractivity contribution in [2.45, 2.75) is 45.1 Å². The van der Waals surface area contributed by atoms with Crippen LogP contribution in [0.25, 0.3) is 0 Å². The minimum Gasteiger partial charge on any atom is -0.480 e. The molecule has 0 bridgehead atoms. The van der Waals surface area contributed by atoms with Crippen LogP contribution in [0.5, 0.6) is 0 Å². The van der Waals surface area contributed by atoms with E-state index in [9.17, 15) is 9.59 Å². The first-order chi connectivity index (χ1) is 11.9. The lowest BCUT2D eigenvalue weighted by atomic mass is 9.87. The van der Waals surface area contributed by atoms with Crippen LogP contribution < -0.4 is 0 Å². The standard InChI is InChI=1S/C20H30N2O3/c1-15(2)19(16-8-5-4-6-9-16)20(25)22-12-7-10-17(11-13-22)21(3)14-18(23)24/h4-6,8-9,15,17,19H,7,10-14H2,1-3H3,(H,23,24). The van der Waals surface area contributed by atoms with Gasteiger partial charge in [-0.15, -0.1) is 0 Å². The molecule has 1 saturated heterocycles. The van der Waals surface area contributed by atoms with E-state index in [4.69, 9.17) is 5.11 Å². The molecule has 1 aliphatic heterocycles. The zero-order valence-electron chi connectivity index (χ0n) is 15.5. The first kappa shape index (κ1) is 19.4. The monoisotopic (exact) mass is 346 g/mol. The van der Waals surface area contributed by atoms with E-state index in [-0.39, 0.29) is 30.3 Å². The largest absolute Gasteiger partial charge is 0.480 e. The summed E-state index contributed by atoms with van der Waals surface area (Å²) in [6, 6.07) is 10.2. The van der Waals surface area contributed by atoms with Gasteiger partial charge in [0.2, 0.25) is 5.91 Å². The van der Waals surface area contributed by atoms with E-state index >= 15 is 0 Å². The number of hydrogen-bond acceptors (Lipinski definition) is 3. The highest BCUT2D eigenvalue weighted by Gasteiger charge is 2.30. The molecule has 5 nitrogen and oxygen atoms in total. The molecule has 138 valence electrons. The number of benzene rings is 1. The molecule has 5 heteroatoms. The van der Waals surface area contributed by atoms with Crippen LogP contribution in [-0.2, 0) is 9.59 Å². The Bertz CT molecular complexity index is 574. The Morgan fingerprint density at radius 2 is 1.88 bits per heavy atom. The third-order valence-electron chi connectivity index (χ3n) is 5.11. The van der Waals surface area contributed by atoms with Crippen LogP contribution in [0.3, 0.4) is 0 Å². The summed E-state index contributed by atoms with van der Waals surface area (Å²) in [6.45, 7) is 5.70. The number of rotatable bonds is 6. The Balaban J connectivity index is 2.05. The molecule has 2 unspecified atom stereocenters. The molecule has 0 saturated carbocycles. The number of aliphatic carboxylic acids is 1. The molecule has 1 amide bonds. The van der Waals surface area contributed by atoms with Gasteiger partial charge in [0.15, 0.2) is 0 Å². The van der Waals surface area contributed by atoms with E-state index in [1.165, 1.54) is 0 Å². The average molecular weight is 346 g/mol. The van der Waals surface area contributed by atoms with Gasteiger partial charge in [-0.2, -0.15) is 0 Å². The fourth-order valence-electron chi connectivity index (χ4n) is 3.75. The molecule has 0 aliphatic carbocycles. The molecule has 1 heterocycles. The van der Waals surface area contributed by atoms with Gasteiger partial charge < -0.3 is 10.0 Å². The highest BCUT2D eigenvalue weighted by Crippen LogP contribution is 2.28. The van der Waals surface area contributed by atoms with E-state index in [1.807, 2.05) is 47.2 Å². The molecule has 0 radical (unpaired) electrons. The zero-order chi connectivity index (χ0) is 18.4. The third kappa shape index (κ3) is 5.30. The van der Waals surface area contributed by atoms with Gasteiger partial charge in [-0.25, -0.2) is 0 Å². The summed E-state index contributed by atoms with van der Waals surface area (Å²) >= 11 is 0. The number of carbonyl (C=O) groups is 2. The number of hydrogen-bond donors (Lipinski definition) is 1. The van der Waals surface area contributed by atoms with Gasteiger partial charge in [0, 0.05) is 19.1 Å². The van der Waals surface area contributed by atoms with Crippen LogP contribution in [0, 0.1) is 5.92 Å². The molecule has 0 aromatic heterocycles. The van der Waals surface area contributed by atoms with Crippen LogP contribution in [0.1, 0.15) is 44.6 Å². The highest BCUT2D eigenvalue weighted by atomic mass is 16.4. The smallest absolute Gasteiger partial charge is 0.317 e. The Labute approximate surface area is 150 Å². The normalized spacial score (nSPS) is 19.7. The maximum atomic E-state index is 13.2. The average Bonchev–Trinajstić information content (AvgIpc) is 2.81. The number of amides is 1. The second-order valence-corrected chi connectivity index (χ2v) is 7.35. The van der Waals surface area contributed by atoms with Gasteiger partial charge in [0.25, 0.3) is 0 Å². The van der Waals surface area contributed by atoms with Crippen LogP contribution in [0.2, 0.25) is 0 Å². The Morgan fingerprint density at radius 1 is 1.20 bits per heavy atom. The lowest BCUT2D eigenvalue weighted by Crippen LogP contribution is -2.39. The van der Waals surface area contributed by atoms with Gasteiger partial charge in [0.05, 0.1) is 12.5 Å². The lowest BCUT2D eigenvalue weighted by molar-refractivity contribution is -0.139. The van der Waals surface area contributed by atoms with Crippen molar-refractivity contribution in [3.8, 4) is 0 Å². The first-order valence-corrected chi connectivity index (χ1v) is 9.16. The highest BCUT2D eigenvalue weighted by molar-refractivity contribution is 5.84. The number of carbonyl (C=O) groups excluding carboxylic acids is 1. The van der Waals surface area contributed by atoms with Gasteiger partial charge >= 0.3 is 5.97 Å². The maximum Gasteiger partial charge on any atom is 0.317 e. The van der Waals surface area contributed by atoms with Crippen LogP contribution in [0.4, 0.5) is 0 Å². The summed E-state index contributed by atoms with van der Waals surface area (Å²) in [5.74, 6) is -0.482. The second kappa shape index (κ2) is 8.99. The van der Waals surface area contributed by atoms with E-state index in [0.29, 0.717) is 6.54 Å². The predicted molar refractivity (Wildman–Crippen MR) is 98.5 cm³/mol. The minimum atomic E-state index is -0.802. The lowest BCUT2D eigenvalue weighted by Gasteiger charge is -2.29. The number of carboxylic acid groups (broad SMARTS) is 1. The number of nitrogens with zero attached hydrogens (tertiary/aromatic N) is 2. The van der Waals surface area contributed by atoms with Gasteiger partial charge in [-0.05, 0) is 37.8 Å². The molecular weight excluding hydrogens is 316 g/mol. The SMILES string of the molecule is CC(C)C(C(=O)N1CCCC(N(C)CC(=O)O)CC1)c1ccccc1. The molecule has 2 atom stereocenters. The van der Waals surface area contributed by atoms with Crippen LogP contribution in [0.15, 0.2) is 30.3 Å². The summed E-state index contributed by atoms with van der Waals surface area (Å²) in [6.07, 6.45) is 2.68. The fraction of sp³-hybridized carbons (Fsp3) is 0.600. The Kier molecular flexibility index (Phi) is 7.00. The van der Waals surface area contributed by atoms with Gasteiger partial charge in [-0.3, -0.25) is 14.5 Å². The van der Waals surface area contributed by atoms with Crippen molar-refractivity contribution in [2.24, 2.45) is 5.92 Å². The quantitative estimate of drug-likeness (QED) is 0.860. The molecule has 1 aromatic rings. The Hall–Kier alpha value is -1.88. The predicted octanol–water partition coefficient (Wildman–Crippen LogP) is 2.82. The molecule has 0 spiro atoms. The summed E-state index contributed by atoms with van der Waals surface area (Å²) in [5, 5.41) is 8.98. The Morgan fingerprint density at radius 3 is 2.48 bits per heavy atom.